The van der Waals surface area contributed by atoms with Gasteiger partial charge in [0.2, 0.25) is 11.9 Å². The molecule has 1 aromatic heterocycles. The van der Waals surface area contributed by atoms with E-state index in [1.54, 1.807) is 6.07 Å². The smallest absolute Gasteiger partial charge is 0.228 e. The van der Waals surface area contributed by atoms with Gasteiger partial charge in [0.15, 0.2) is 17.3 Å². The first kappa shape index (κ1) is 24.5. The summed E-state index contributed by atoms with van der Waals surface area (Å²) in [6.07, 6.45) is 0.216. The highest BCUT2D eigenvalue weighted by Crippen LogP contribution is 2.38. The molecule has 0 bridgehead atoms. The summed E-state index contributed by atoms with van der Waals surface area (Å²) in [5.41, 5.74) is 13.5. The maximum Gasteiger partial charge on any atom is 0.228 e. The molecule has 1 aliphatic heterocycles. The van der Waals surface area contributed by atoms with Crippen LogP contribution in [0.1, 0.15) is 31.9 Å². The van der Waals surface area contributed by atoms with Gasteiger partial charge in [-0.3, -0.25) is 4.79 Å². The second-order valence-corrected chi connectivity index (χ2v) is 8.85. The highest BCUT2D eigenvalue weighted by molar-refractivity contribution is 5.92. The topological polar surface area (TPSA) is 120 Å². The van der Waals surface area contributed by atoms with Crippen LogP contribution in [0.3, 0.4) is 0 Å². The summed E-state index contributed by atoms with van der Waals surface area (Å²) < 4.78 is 25.6. The molecule has 0 unspecified atom stereocenters. The van der Waals surface area contributed by atoms with Crippen LogP contribution in [-0.2, 0) is 4.79 Å². The summed E-state index contributed by atoms with van der Waals surface area (Å²) in [6.45, 7) is 4.85. The summed E-state index contributed by atoms with van der Waals surface area (Å²) >= 11 is 0. The third-order valence-electron chi connectivity index (χ3n) is 6.48. The summed E-state index contributed by atoms with van der Waals surface area (Å²) in [6, 6.07) is 10.5. The molecule has 10 heteroatoms. The molecule has 186 valence electrons. The van der Waals surface area contributed by atoms with Crippen molar-refractivity contribution in [3.8, 4) is 11.5 Å². The number of benzene rings is 2. The Morgan fingerprint density at radius 3 is 2.51 bits per heavy atom. The molecule has 2 aromatic carbocycles. The fraction of sp³-hybridized carbons (Fsp3) is 0.400. The van der Waals surface area contributed by atoms with E-state index in [4.69, 9.17) is 20.9 Å². The number of rotatable bonds is 6. The van der Waals surface area contributed by atoms with Crippen molar-refractivity contribution >= 4 is 28.6 Å². The van der Waals surface area contributed by atoms with Crippen LogP contribution >= 0.6 is 0 Å². The average molecular weight is 483 g/mol. The molecule has 3 atom stereocenters. The summed E-state index contributed by atoms with van der Waals surface area (Å²) in [7, 11) is 2.78. The standard InChI is InChI=1S/C25H31FN6O3/c1-14-13-32(15(2)12-31(14)20(33)11-18(27)16-8-6-5-7-9-16)25-29-22-17(24(28)30-25)10-19(34-3)23(35-4)21(22)26/h5-10,14-15,18H,11-13,27H2,1-4H3,(H2,28,29,30)/t14-,15+,18-/m1/s1. The number of hydrogen-bond acceptors (Lipinski definition) is 8. The molecule has 0 aliphatic carbocycles. The lowest BCUT2D eigenvalue weighted by Gasteiger charge is -2.44. The molecule has 1 amide bonds. The molecule has 1 fully saturated rings. The lowest BCUT2D eigenvalue weighted by atomic mass is 10.0. The van der Waals surface area contributed by atoms with Gasteiger partial charge in [-0.05, 0) is 25.5 Å². The molecule has 2 heterocycles. The summed E-state index contributed by atoms with van der Waals surface area (Å²) in [4.78, 5) is 25.8. The number of halogens is 1. The first-order valence-electron chi connectivity index (χ1n) is 11.5. The molecular formula is C25H31FN6O3. The van der Waals surface area contributed by atoms with E-state index in [1.807, 2.05) is 54.0 Å². The minimum atomic E-state index is -0.665. The minimum absolute atomic E-state index is 0.0119. The molecule has 1 aliphatic rings. The third kappa shape index (κ3) is 4.66. The van der Waals surface area contributed by atoms with Gasteiger partial charge in [-0.15, -0.1) is 0 Å². The zero-order valence-corrected chi connectivity index (χ0v) is 20.4. The van der Waals surface area contributed by atoms with Crippen molar-refractivity contribution in [1.29, 1.82) is 0 Å². The van der Waals surface area contributed by atoms with Crippen molar-refractivity contribution in [3.05, 3.63) is 47.8 Å². The summed E-state index contributed by atoms with van der Waals surface area (Å²) in [5.74, 6) is -0.0756. The Balaban J connectivity index is 1.57. The van der Waals surface area contributed by atoms with Gasteiger partial charge in [0.25, 0.3) is 0 Å². The zero-order chi connectivity index (χ0) is 25.3. The fourth-order valence-electron chi connectivity index (χ4n) is 4.54. The molecule has 0 saturated carbocycles. The van der Waals surface area contributed by atoms with Crippen LogP contribution in [-0.4, -0.2) is 60.2 Å². The van der Waals surface area contributed by atoms with Crippen LogP contribution < -0.4 is 25.8 Å². The van der Waals surface area contributed by atoms with Gasteiger partial charge in [-0.25, -0.2) is 9.37 Å². The zero-order valence-electron chi connectivity index (χ0n) is 20.4. The van der Waals surface area contributed by atoms with E-state index in [0.717, 1.165) is 5.56 Å². The number of carbonyl (C=O) groups is 1. The predicted molar refractivity (Wildman–Crippen MR) is 133 cm³/mol. The van der Waals surface area contributed by atoms with E-state index in [1.165, 1.54) is 14.2 Å². The Morgan fingerprint density at radius 1 is 1.14 bits per heavy atom. The van der Waals surface area contributed by atoms with Crippen molar-refractivity contribution < 1.29 is 18.7 Å². The molecule has 0 spiro atoms. The van der Waals surface area contributed by atoms with Crippen molar-refractivity contribution in [2.75, 3.05) is 37.9 Å². The number of methoxy groups -OCH3 is 2. The van der Waals surface area contributed by atoms with E-state index < -0.39 is 5.82 Å². The monoisotopic (exact) mass is 482 g/mol. The van der Waals surface area contributed by atoms with Gasteiger partial charge >= 0.3 is 0 Å². The van der Waals surface area contributed by atoms with E-state index in [9.17, 15) is 4.79 Å². The van der Waals surface area contributed by atoms with Crippen molar-refractivity contribution in [2.24, 2.45) is 5.73 Å². The Bertz CT molecular complexity index is 1230. The molecule has 35 heavy (non-hydrogen) atoms. The number of amides is 1. The number of fused-ring (bicyclic) bond motifs is 1. The number of piperazine rings is 1. The Kier molecular flexibility index (Phi) is 6.93. The van der Waals surface area contributed by atoms with Gasteiger partial charge in [-0.1, -0.05) is 30.3 Å². The lowest BCUT2D eigenvalue weighted by Crippen LogP contribution is -2.58. The van der Waals surface area contributed by atoms with Crippen LogP contribution in [0.4, 0.5) is 16.2 Å². The largest absolute Gasteiger partial charge is 0.493 e. The molecule has 4 N–H and O–H groups in total. The second-order valence-electron chi connectivity index (χ2n) is 8.85. The normalized spacial score (nSPS) is 19.0. The van der Waals surface area contributed by atoms with Gasteiger partial charge in [0.1, 0.15) is 11.3 Å². The van der Waals surface area contributed by atoms with E-state index >= 15 is 4.39 Å². The SMILES string of the molecule is COc1cc2c(N)nc(N3C[C@@H](C)N(C(=O)C[C@@H](N)c4ccccc4)C[C@@H]3C)nc2c(F)c1OC. The first-order chi connectivity index (χ1) is 16.7. The van der Waals surface area contributed by atoms with Gasteiger partial charge < -0.3 is 30.7 Å². The first-order valence-corrected chi connectivity index (χ1v) is 11.5. The molecule has 4 rings (SSSR count). The van der Waals surface area contributed by atoms with E-state index in [0.29, 0.717) is 24.4 Å². The number of nitrogens with two attached hydrogens (primary N) is 2. The molecule has 1 saturated heterocycles. The van der Waals surface area contributed by atoms with Crippen LogP contribution in [0.5, 0.6) is 11.5 Å². The molecule has 0 radical (unpaired) electrons. The maximum absolute atomic E-state index is 15.2. The average Bonchev–Trinajstić information content (AvgIpc) is 2.85. The second kappa shape index (κ2) is 9.91. The number of nitrogen functional groups attached to an aromatic ring is 1. The highest BCUT2D eigenvalue weighted by Gasteiger charge is 2.34. The van der Waals surface area contributed by atoms with Gasteiger partial charge in [-0.2, -0.15) is 4.98 Å². The minimum Gasteiger partial charge on any atom is -0.493 e. The van der Waals surface area contributed by atoms with Gasteiger partial charge in [0.05, 0.1) is 14.2 Å². The third-order valence-corrected chi connectivity index (χ3v) is 6.48. The van der Waals surface area contributed by atoms with Crippen LogP contribution in [0.25, 0.3) is 10.9 Å². The number of anilines is 2. The highest BCUT2D eigenvalue weighted by atomic mass is 19.1. The quantitative estimate of drug-likeness (QED) is 0.550. The fourth-order valence-corrected chi connectivity index (χ4v) is 4.54. The Hall–Kier alpha value is -3.66. The molecular weight excluding hydrogens is 451 g/mol. The van der Waals surface area contributed by atoms with Crippen LogP contribution in [0.2, 0.25) is 0 Å². The van der Waals surface area contributed by atoms with Crippen molar-refractivity contribution in [3.63, 3.8) is 0 Å². The summed E-state index contributed by atoms with van der Waals surface area (Å²) in [5, 5.41) is 0.341. The van der Waals surface area contributed by atoms with Crippen molar-refractivity contribution in [1.82, 2.24) is 14.9 Å². The van der Waals surface area contributed by atoms with E-state index in [-0.39, 0.29) is 53.3 Å². The predicted octanol–water partition coefficient (Wildman–Crippen LogP) is 2.88. The number of hydrogen-bond donors (Lipinski definition) is 2. The number of aromatic nitrogens is 2. The number of ether oxygens (including phenoxy) is 2. The van der Waals surface area contributed by atoms with Crippen LogP contribution in [0, 0.1) is 5.82 Å². The Morgan fingerprint density at radius 2 is 1.86 bits per heavy atom. The van der Waals surface area contributed by atoms with Crippen LogP contribution in [0.15, 0.2) is 36.4 Å². The van der Waals surface area contributed by atoms with Crippen molar-refractivity contribution in [2.45, 2.75) is 38.4 Å². The maximum atomic E-state index is 15.2. The molecule has 9 nitrogen and oxygen atoms in total. The van der Waals surface area contributed by atoms with E-state index in [2.05, 4.69) is 9.97 Å². The number of carbonyl (C=O) groups excluding carboxylic acids is 1. The number of nitrogens with zero attached hydrogens (tertiary/aromatic N) is 4. The van der Waals surface area contributed by atoms with Gasteiger partial charge in [0, 0.05) is 43.0 Å². The lowest BCUT2D eigenvalue weighted by molar-refractivity contribution is -0.134. The Labute approximate surface area is 203 Å². The molecule has 3 aromatic rings.